The Morgan fingerprint density at radius 2 is 1.64 bits per heavy atom. The number of carboxylic acids is 1. The Bertz CT molecular complexity index is 1580. The lowest BCUT2D eigenvalue weighted by Gasteiger charge is -2.15. The summed E-state index contributed by atoms with van der Waals surface area (Å²) in [5, 5.41) is 10.3. The van der Waals surface area contributed by atoms with Crippen molar-refractivity contribution < 1.29 is 19.1 Å². The summed E-state index contributed by atoms with van der Waals surface area (Å²) in [7, 11) is 2.08. The highest BCUT2D eigenvalue weighted by atomic mass is 16.5. The minimum Gasteiger partial charge on any atom is -0.489 e. The molecule has 0 spiro atoms. The number of hydrogen-bond acceptors (Lipinski definition) is 5. The zero-order chi connectivity index (χ0) is 27.2. The first-order valence-corrected chi connectivity index (χ1v) is 13.0. The van der Waals surface area contributed by atoms with Gasteiger partial charge in [0.1, 0.15) is 23.7 Å². The smallest absolute Gasteiger partial charge is 0.307 e. The molecule has 0 aliphatic carbocycles. The molecule has 5 rings (SSSR count). The maximum atomic E-state index is 11.3. The molecule has 0 unspecified atom stereocenters. The molecule has 1 heterocycles. The van der Waals surface area contributed by atoms with E-state index in [0.717, 1.165) is 45.5 Å². The molecule has 6 heteroatoms. The van der Waals surface area contributed by atoms with Crippen molar-refractivity contribution >= 4 is 16.9 Å². The molecular weight excluding hydrogens is 488 g/mol. The zero-order valence-corrected chi connectivity index (χ0v) is 22.0. The van der Waals surface area contributed by atoms with Gasteiger partial charge >= 0.3 is 5.97 Å². The van der Waals surface area contributed by atoms with Gasteiger partial charge in [-0.15, -0.1) is 0 Å². The molecular formula is C33H32N2O4. The molecule has 0 aliphatic heterocycles. The maximum Gasteiger partial charge on any atom is 0.307 e. The summed E-state index contributed by atoms with van der Waals surface area (Å²) in [6.45, 7) is 2.23. The van der Waals surface area contributed by atoms with Gasteiger partial charge < -0.3 is 20.0 Å². The summed E-state index contributed by atoms with van der Waals surface area (Å²) in [5.41, 5.74) is 12.6. The van der Waals surface area contributed by atoms with Gasteiger partial charge in [-0.25, -0.2) is 0 Å². The summed E-state index contributed by atoms with van der Waals surface area (Å²) < 4.78 is 12.6. The number of benzene rings is 4. The quantitative estimate of drug-likeness (QED) is 0.210. The molecule has 0 amide bonds. The van der Waals surface area contributed by atoms with Gasteiger partial charge in [0.15, 0.2) is 0 Å². The molecule has 0 fully saturated rings. The van der Waals surface area contributed by atoms with E-state index in [1.165, 1.54) is 5.56 Å². The Kier molecular flexibility index (Phi) is 8.06. The third-order valence-electron chi connectivity index (χ3n) is 6.63. The Morgan fingerprint density at radius 1 is 0.872 bits per heavy atom. The fourth-order valence-corrected chi connectivity index (χ4v) is 4.84. The van der Waals surface area contributed by atoms with Crippen LogP contribution in [0.1, 0.15) is 28.0 Å². The van der Waals surface area contributed by atoms with Crippen LogP contribution in [0.3, 0.4) is 0 Å². The maximum absolute atomic E-state index is 11.3. The molecule has 0 bridgehead atoms. The molecule has 0 aliphatic rings. The first kappa shape index (κ1) is 26.2. The Hall–Kier alpha value is -4.39. The number of nitrogens with zero attached hydrogens (tertiary/aromatic N) is 1. The number of hydrogen-bond donors (Lipinski definition) is 2. The lowest BCUT2D eigenvalue weighted by atomic mass is 9.99. The van der Waals surface area contributed by atoms with Gasteiger partial charge in [0.2, 0.25) is 0 Å². The van der Waals surface area contributed by atoms with Crippen molar-refractivity contribution in [2.45, 2.75) is 32.7 Å². The average Bonchev–Trinajstić information content (AvgIpc) is 3.34. The summed E-state index contributed by atoms with van der Waals surface area (Å²) in [6.07, 6.45) is -0.0894. The van der Waals surface area contributed by atoms with Crippen molar-refractivity contribution in [3.05, 3.63) is 125 Å². The van der Waals surface area contributed by atoms with Gasteiger partial charge in [0, 0.05) is 29.6 Å². The van der Waals surface area contributed by atoms with Crippen LogP contribution in [-0.4, -0.2) is 23.0 Å². The van der Waals surface area contributed by atoms with Crippen molar-refractivity contribution in [1.82, 2.24) is 4.90 Å². The topological polar surface area (TPSA) is 88.9 Å². The zero-order valence-electron chi connectivity index (χ0n) is 22.0. The highest BCUT2D eigenvalue weighted by molar-refractivity contribution is 5.93. The number of carbonyl (C=O) groups is 1. The van der Waals surface area contributed by atoms with E-state index in [9.17, 15) is 9.90 Å². The van der Waals surface area contributed by atoms with Crippen LogP contribution in [0.4, 0.5) is 0 Å². The van der Waals surface area contributed by atoms with Gasteiger partial charge in [-0.3, -0.25) is 9.69 Å². The van der Waals surface area contributed by atoms with Crippen LogP contribution in [0.2, 0.25) is 0 Å². The number of furan rings is 1. The van der Waals surface area contributed by atoms with E-state index in [2.05, 4.69) is 66.5 Å². The normalized spacial score (nSPS) is 11.3. The molecule has 6 nitrogen and oxygen atoms in total. The third kappa shape index (κ3) is 6.55. The van der Waals surface area contributed by atoms with Gasteiger partial charge in [-0.1, -0.05) is 66.7 Å². The summed E-state index contributed by atoms with van der Waals surface area (Å²) in [4.78, 5) is 13.5. The minimum atomic E-state index is -0.891. The van der Waals surface area contributed by atoms with E-state index in [1.54, 1.807) is 12.1 Å². The van der Waals surface area contributed by atoms with Crippen LogP contribution < -0.4 is 10.5 Å². The summed E-state index contributed by atoms with van der Waals surface area (Å²) in [6, 6.07) is 32.1. The van der Waals surface area contributed by atoms with Crippen LogP contribution in [0.15, 0.2) is 101 Å². The number of aliphatic carboxylic acids is 1. The molecule has 0 saturated heterocycles. The predicted octanol–water partition coefficient (Wildman–Crippen LogP) is 6.40. The first-order chi connectivity index (χ1) is 19.0. The number of carboxylic acid groups (broad SMARTS) is 1. The molecule has 4 aromatic carbocycles. The lowest BCUT2D eigenvalue weighted by Crippen LogP contribution is -2.16. The van der Waals surface area contributed by atoms with Crippen LogP contribution in [0.25, 0.3) is 22.1 Å². The van der Waals surface area contributed by atoms with E-state index >= 15 is 0 Å². The number of rotatable bonds is 11. The van der Waals surface area contributed by atoms with Crippen molar-refractivity contribution in [2.75, 3.05) is 7.05 Å². The number of nitrogens with two attached hydrogens (primary N) is 1. The van der Waals surface area contributed by atoms with Gasteiger partial charge in [0.05, 0.1) is 13.0 Å². The second kappa shape index (κ2) is 12.0. The van der Waals surface area contributed by atoms with Crippen LogP contribution in [-0.2, 0) is 37.5 Å². The van der Waals surface area contributed by atoms with E-state index in [1.807, 2.05) is 30.3 Å². The second-order valence-corrected chi connectivity index (χ2v) is 9.80. The standard InChI is InChI=1S/C33H32N2O4/c1-35(20-23-8-3-2-4-9-23)21-29-17-28-15-25(22-38-31-13-6-5-11-27(31)18-32(36)37)16-30(33(28)39-29)26-12-7-10-24(14-26)19-34/h2-17H,18-22,34H2,1H3,(H,36,37). The Labute approximate surface area is 228 Å². The summed E-state index contributed by atoms with van der Waals surface area (Å²) >= 11 is 0. The van der Waals surface area contributed by atoms with E-state index < -0.39 is 5.97 Å². The third-order valence-corrected chi connectivity index (χ3v) is 6.63. The van der Waals surface area contributed by atoms with E-state index in [4.69, 9.17) is 14.9 Å². The SMILES string of the molecule is CN(Cc1ccccc1)Cc1cc2cc(COc3ccccc3CC(=O)O)cc(-c3cccc(CN)c3)c2o1. The van der Waals surface area contributed by atoms with Gasteiger partial charge in [-0.2, -0.15) is 0 Å². The van der Waals surface area contributed by atoms with Crippen molar-refractivity contribution in [1.29, 1.82) is 0 Å². The Morgan fingerprint density at radius 3 is 2.44 bits per heavy atom. The van der Waals surface area contributed by atoms with Crippen LogP contribution >= 0.6 is 0 Å². The molecule has 39 heavy (non-hydrogen) atoms. The van der Waals surface area contributed by atoms with Crippen molar-refractivity contribution in [3.8, 4) is 16.9 Å². The lowest BCUT2D eigenvalue weighted by molar-refractivity contribution is -0.136. The predicted molar refractivity (Wildman–Crippen MR) is 153 cm³/mol. The average molecular weight is 521 g/mol. The molecule has 0 radical (unpaired) electrons. The second-order valence-electron chi connectivity index (χ2n) is 9.80. The van der Waals surface area contributed by atoms with Crippen LogP contribution in [0, 0.1) is 0 Å². The van der Waals surface area contributed by atoms with Crippen molar-refractivity contribution in [3.63, 3.8) is 0 Å². The highest BCUT2D eigenvalue weighted by Crippen LogP contribution is 2.34. The van der Waals surface area contributed by atoms with Crippen LogP contribution in [0.5, 0.6) is 5.75 Å². The largest absolute Gasteiger partial charge is 0.489 e. The number of fused-ring (bicyclic) bond motifs is 1. The molecule has 0 saturated carbocycles. The van der Waals surface area contributed by atoms with Gasteiger partial charge in [-0.05, 0) is 59.6 Å². The molecule has 3 N–H and O–H groups in total. The molecule has 0 atom stereocenters. The monoisotopic (exact) mass is 520 g/mol. The van der Waals surface area contributed by atoms with E-state index in [-0.39, 0.29) is 6.42 Å². The molecule has 5 aromatic rings. The minimum absolute atomic E-state index is 0.0894. The van der Waals surface area contributed by atoms with E-state index in [0.29, 0.717) is 31.0 Å². The van der Waals surface area contributed by atoms with Gasteiger partial charge in [0.25, 0.3) is 0 Å². The first-order valence-electron chi connectivity index (χ1n) is 13.0. The van der Waals surface area contributed by atoms with Crippen molar-refractivity contribution in [2.24, 2.45) is 5.73 Å². The summed E-state index contributed by atoms with van der Waals surface area (Å²) in [5.74, 6) is 0.560. The molecule has 198 valence electrons. The molecule has 1 aromatic heterocycles. The number of para-hydroxylation sites is 1. The Balaban J connectivity index is 1.46. The highest BCUT2D eigenvalue weighted by Gasteiger charge is 2.15. The fourth-order valence-electron chi connectivity index (χ4n) is 4.84. The fraction of sp³-hybridized carbons (Fsp3) is 0.182. The number of ether oxygens (including phenoxy) is 1.